The van der Waals surface area contributed by atoms with Crippen molar-refractivity contribution >= 4 is 21.6 Å². The summed E-state index contributed by atoms with van der Waals surface area (Å²) in [6.07, 6.45) is 1.60. The highest BCUT2D eigenvalue weighted by Crippen LogP contribution is 2.22. The molecule has 2 N–H and O–H groups in total. The Kier molecular flexibility index (Phi) is 10.0. The normalized spacial score (nSPS) is 13.3. The lowest BCUT2D eigenvalue weighted by Crippen LogP contribution is -2.52. The Bertz CT molecular complexity index is 1430. The van der Waals surface area contributed by atoms with Gasteiger partial charge >= 0.3 is 5.69 Å². The van der Waals surface area contributed by atoms with Crippen molar-refractivity contribution in [2.75, 3.05) is 13.1 Å². The number of carbonyl (C=O) groups excluding carboxylic acids is 1. The number of benzene rings is 2. The number of sulfonamides is 1. The molecule has 1 heterocycles. The van der Waals surface area contributed by atoms with Crippen molar-refractivity contribution in [3.63, 3.8) is 0 Å². The zero-order valence-corrected chi connectivity index (χ0v) is 22.4. The van der Waals surface area contributed by atoms with Crippen LogP contribution in [0.25, 0.3) is 0 Å². The van der Waals surface area contributed by atoms with Crippen LogP contribution in [-0.2, 0) is 27.8 Å². The van der Waals surface area contributed by atoms with Gasteiger partial charge in [0.1, 0.15) is 6.54 Å². The first-order valence-corrected chi connectivity index (χ1v) is 13.7. The Morgan fingerprint density at radius 3 is 2.36 bits per heavy atom. The summed E-state index contributed by atoms with van der Waals surface area (Å²) in [6, 6.07) is 14.2. The van der Waals surface area contributed by atoms with Crippen LogP contribution in [0.2, 0.25) is 0 Å². The number of aliphatic hydroxyl groups excluding tert-OH is 1. The van der Waals surface area contributed by atoms with Gasteiger partial charge in [-0.1, -0.05) is 44.2 Å². The second kappa shape index (κ2) is 13.2. The van der Waals surface area contributed by atoms with Crippen molar-refractivity contribution in [1.29, 1.82) is 0 Å². The SMILES string of the molecule is CC(C)CN(C[C@@H](O)[C@H](Cc1ccccc1)NC(=O)Cn1cccnc1=O)S(=O)(=O)c1ccc([N+](=O)[O-])cc1. The summed E-state index contributed by atoms with van der Waals surface area (Å²) in [4.78, 5) is 38.6. The third-order valence-corrected chi connectivity index (χ3v) is 7.70. The van der Waals surface area contributed by atoms with Gasteiger partial charge in [0.25, 0.3) is 5.69 Å². The highest BCUT2D eigenvalue weighted by molar-refractivity contribution is 7.89. The molecule has 3 rings (SSSR count). The van der Waals surface area contributed by atoms with Gasteiger partial charge in [0.05, 0.1) is 22.0 Å². The van der Waals surface area contributed by atoms with Gasteiger partial charge in [-0.15, -0.1) is 0 Å². The molecule has 0 radical (unpaired) electrons. The largest absolute Gasteiger partial charge is 0.390 e. The number of non-ortho nitro benzene ring substituents is 1. The van der Waals surface area contributed by atoms with E-state index in [1.54, 1.807) is 12.1 Å². The van der Waals surface area contributed by atoms with Crippen molar-refractivity contribution < 1.29 is 23.2 Å². The number of nitro benzene ring substituents is 1. The number of rotatable bonds is 13. The average Bonchev–Trinajstić information content (AvgIpc) is 2.89. The molecule has 0 fully saturated rings. The lowest BCUT2D eigenvalue weighted by molar-refractivity contribution is -0.384. The van der Waals surface area contributed by atoms with Gasteiger partial charge < -0.3 is 10.4 Å². The first-order valence-electron chi connectivity index (χ1n) is 12.2. The van der Waals surface area contributed by atoms with E-state index in [1.165, 1.54) is 18.5 Å². The minimum absolute atomic E-state index is 0.0630. The van der Waals surface area contributed by atoms with Crippen LogP contribution in [0.3, 0.4) is 0 Å². The maximum Gasteiger partial charge on any atom is 0.347 e. The number of amides is 1. The standard InChI is InChI=1S/C26H31N5O7S/c1-19(2)16-30(39(37,38)22-11-9-21(10-12-22)31(35)36)17-24(32)23(15-20-7-4-3-5-8-20)28-25(33)18-29-14-6-13-27-26(29)34/h3-14,19,23-24,32H,15-18H2,1-2H3,(H,28,33)/t23-,24+/m0/s1. The molecule has 0 spiro atoms. The van der Waals surface area contributed by atoms with Crippen LogP contribution in [0.5, 0.6) is 0 Å². The van der Waals surface area contributed by atoms with Gasteiger partial charge in [-0.2, -0.15) is 4.31 Å². The molecule has 2 aromatic carbocycles. The third kappa shape index (κ3) is 8.27. The van der Waals surface area contributed by atoms with Gasteiger partial charge in [0, 0.05) is 37.6 Å². The fourth-order valence-electron chi connectivity index (χ4n) is 3.97. The number of hydrogen-bond donors (Lipinski definition) is 2. The van der Waals surface area contributed by atoms with E-state index < -0.39 is 38.7 Å². The fourth-order valence-corrected chi connectivity index (χ4v) is 5.59. The summed E-state index contributed by atoms with van der Waals surface area (Å²) in [5, 5.41) is 25.0. The number of carbonyl (C=O) groups is 1. The van der Waals surface area contributed by atoms with Crippen LogP contribution in [0, 0.1) is 16.0 Å². The van der Waals surface area contributed by atoms with Gasteiger partial charge in [-0.05, 0) is 36.1 Å². The Labute approximate surface area is 226 Å². The predicted molar refractivity (Wildman–Crippen MR) is 143 cm³/mol. The average molecular weight is 558 g/mol. The molecule has 0 bridgehead atoms. The number of nitro groups is 1. The first kappa shape index (κ1) is 29.6. The number of aromatic nitrogens is 2. The quantitative estimate of drug-likeness (QED) is 0.236. The molecule has 3 aromatic rings. The third-order valence-electron chi connectivity index (χ3n) is 5.85. The number of aliphatic hydroxyl groups is 1. The molecule has 12 nitrogen and oxygen atoms in total. The summed E-state index contributed by atoms with van der Waals surface area (Å²) in [5.74, 6) is -0.664. The van der Waals surface area contributed by atoms with Gasteiger partial charge in [-0.25, -0.2) is 18.2 Å². The summed E-state index contributed by atoms with van der Waals surface area (Å²) in [5.41, 5.74) is -0.0538. The van der Waals surface area contributed by atoms with E-state index in [0.29, 0.717) is 0 Å². The molecule has 0 saturated carbocycles. The molecule has 0 saturated heterocycles. The summed E-state index contributed by atoms with van der Waals surface area (Å²) in [7, 11) is -4.14. The minimum Gasteiger partial charge on any atom is -0.390 e. The summed E-state index contributed by atoms with van der Waals surface area (Å²) in [6.45, 7) is 3.02. The van der Waals surface area contributed by atoms with Crippen molar-refractivity contribution in [2.24, 2.45) is 5.92 Å². The molecule has 1 aromatic heterocycles. The van der Waals surface area contributed by atoms with E-state index in [9.17, 15) is 33.2 Å². The van der Waals surface area contributed by atoms with Crippen LogP contribution in [-0.4, -0.2) is 63.4 Å². The summed E-state index contributed by atoms with van der Waals surface area (Å²) >= 11 is 0. The van der Waals surface area contributed by atoms with E-state index in [1.807, 2.05) is 32.0 Å². The fraction of sp³-hybridized carbons (Fsp3) is 0.346. The second-order valence-corrected chi connectivity index (χ2v) is 11.4. The highest BCUT2D eigenvalue weighted by Gasteiger charge is 2.31. The first-order chi connectivity index (χ1) is 18.5. The van der Waals surface area contributed by atoms with Crippen molar-refractivity contribution in [3.05, 3.63) is 99.2 Å². The van der Waals surface area contributed by atoms with Gasteiger partial charge in [0.2, 0.25) is 15.9 Å². The minimum atomic E-state index is -4.14. The second-order valence-electron chi connectivity index (χ2n) is 9.43. The maximum absolute atomic E-state index is 13.5. The molecule has 0 aliphatic heterocycles. The van der Waals surface area contributed by atoms with E-state index >= 15 is 0 Å². The van der Waals surface area contributed by atoms with Gasteiger partial charge in [0.15, 0.2) is 0 Å². The van der Waals surface area contributed by atoms with Gasteiger partial charge in [-0.3, -0.25) is 19.5 Å². The zero-order chi connectivity index (χ0) is 28.6. The molecule has 2 atom stereocenters. The molecule has 0 unspecified atom stereocenters. The van der Waals surface area contributed by atoms with Crippen LogP contribution in [0.4, 0.5) is 5.69 Å². The van der Waals surface area contributed by atoms with E-state index in [4.69, 9.17) is 0 Å². The van der Waals surface area contributed by atoms with E-state index in [2.05, 4.69) is 10.3 Å². The smallest absolute Gasteiger partial charge is 0.347 e. The molecular weight excluding hydrogens is 526 g/mol. The Balaban J connectivity index is 1.86. The topological polar surface area (TPSA) is 165 Å². The van der Waals surface area contributed by atoms with Crippen molar-refractivity contribution in [1.82, 2.24) is 19.2 Å². The highest BCUT2D eigenvalue weighted by atomic mass is 32.2. The summed E-state index contributed by atoms with van der Waals surface area (Å²) < 4.78 is 29.2. The van der Waals surface area contributed by atoms with E-state index in [0.717, 1.165) is 38.7 Å². The van der Waals surface area contributed by atoms with E-state index in [-0.39, 0.29) is 42.6 Å². The number of nitrogens with one attached hydrogen (secondary N) is 1. The van der Waals surface area contributed by atoms with Crippen LogP contribution < -0.4 is 11.0 Å². The number of hydrogen-bond acceptors (Lipinski definition) is 8. The lowest BCUT2D eigenvalue weighted by atomic mass is 10.0. The van der Waals surface area contributed by atoms with Crippen LogP contribution in [0.1, 0.15) is 19.4 Å². The lowest BCUT2D eigenvalue weighted by Gasteiger charge is -2.30. The monoisotopic (exact) mass is 557 g/mol. The molecule has 1 amide bonds. The molecule has 208 valence electrons. The molecule has 0 aliphatic rings. The molecule has 13 heteroatoms. The van der Waals surface area contributed by atoms with Crippen molar-refractivity contribution in [2.45, 2.75) is 43.9 Å². The Hall–Kier alpha value is -3.94. The predicted octanol–water partition coefficient (Wildman–Crippen LogP) is 1.59. The van der Waals surface area contributed by atoms with Crippen LogP contribution >= 0.6 is 0 Å². The van der Waals surface area contributed by atoms with Crippen molar-refractivity contribution in [3.8, 4) is 0 Å². The zero-order valence-electron chi connectivity index (χ0n) is 21.6. The Morgan fingerprint density at radius 2 is 1.77 bits per heavy atom. The molecule has 0 aliphatic carbocycles. The Morgan fingerprint density at radius 1 is 1.10 bits per heavy atom. The van der Waals surface area contributed by atoms with Crippen LogP contribution in [0.15, 0.2) is 82.7 Å². The molecule has 39 heavy (non-hydrogen) atoms. The number of nitrogens with zero attached hydrogens (tertiary/aromatic N) is 4. The molecular formula is C26H31N5O7S. The maximum atomic E-state index is 13.5.